The maximum absolute atomic E-state index is 12.1. The lowest BCUT2D eigenvalue weighted by molar-refractivity contribution is -0.384. The maximum atomic E-state index is 12.1. The number of phenols is 2. The Kier molecular flexibility index (Phi) is 2.99. The highest BCUT2D eigenvalue weighted by Gasteiger charge is 2.13. The van der Waals surface area contributed by atoms with Gasteiger partial charge in [0, 0.05) is 18.2 Å². The molecule has 3 rings (SSSR count). The summed E-state index contributed by atoms with van der Waals surface area (Å²) in [5.74, 6) is -0.270. The van der Waals surface area contributed by atoms with E-state index >= 15 is 0 Å². The van der Waals surface area contributed by atoms with Crippen LogP contribution in [0.4, 0.5) is 5.69 Å². The molecule has 0 aliphatic rings. The number of hydrogen-bond acceptors (Lipinski definition) is 6. The van der Waals surface area contributed by atoms with Crippen molar-refractivity contribution in [2.24, 2.45) is 0 Å². The third kappa shape index (κ3) is 2.22. The molecule has 0 amide bonds. The largest absolute Gasteiger partial charge is 0.508 e. The van der Waals surface area contributed by atoms with Crippen LogP contribution in [-0.2, 0) is 0 Å². The molecular formula is C14H9N3O5. The zero-order valence-corrected chi connectivity index (χ0v) is 11.0. The van der Waals surface area contributed by atoms with Crippen molar-refractivity contribution >= 4 is 16.6 Å². The molecule has 1 aromatic heterocycles. The summed E-state index contributed by atoms with van der Waals surface area (Å²) < 4.78 is 0. The summed E-state index contributed by atoms with van der Waals surface area (Å²) in [7, 11) is 0. The number of benzene rings is 2. The van der Waals surface area contributed by atoms with Crippen LogP contribution in [0.25, 0.3) is 22.3 Å². The van der Waals surface area contributed by atoms with Crippen molar-refractivity contribution in [3.63, 3.8) is 0 Å². The zero-order chi connectivity index (χ0) is 15.9. The molecule has 0 atom stereocenters. The maximum Gasteiger partial charge on any atom is 0.270 e. The van der Waals surface area contributed by atoms with Gasteiger partial charge in [-0.05, 0) is 18.2 Å². The fraction of sp³-hybridized carbons (Fsp3) is 0. The molecule has 0 bridgehead atoms. The van der Waals surface area contributed by atoms with Crippen molar-refractivity contribution in [1.29, 1.82) is 0 Å². The van der Waals surface area contributed by atoms with Gasteiger partial charge < -0.3 is 15.2 Å². The Hall–Kier alpha value is -3.42. The Morgan fingerprint density at radius 3 is 2.59 bits per heavy atom. The van der Waals surface area contributed by atoms with E-state index in [4.69, 9.17) is 0 Å². The number of phenolic OH excluding ortho intramolecular Hbond substituents is 2. The second-order valence-electron chi connectivity index (χ2n) is 4.57. The highest BCUT2D eigenvalue weighted by atomic mass is 16.6. The zero-order valence-electron chi connectivity index (χ0n) is 11.0. The van der Waals surface area contributed by atoms with Gasteiger partial charge in [0.05, 0.1) is 21.4 Å². The number of nitro benzene ring substituents is 1. The average molecular weight is 299 g/mol. The lowest BCUT2D eigenvalue weighted by Gasteiger charge is -2.05. The van der Waals surface area contributed by atoms with E-state index in [0.29, 0.717) is 0 Å². The van der Waals surface area contributed by atoms with Crippen LogP contribution in [0.3, 0.4) is 0 Å². The number of non-ortho nitro benzene ring substituents is 1. The Bertz CT molecular complexity index is 964. The van der Waals surface area contributed by atoms with Gasteiger partial charge in [-0.3, -0.25) is 14.9 Å². The average Bonchev–Trinajstić information content (AvgIpc) is 2.46. The molecule has 110 valence electrons. The summed E-state index contributed by atoms with van der Waals surface area (Å²) in [6, 6.07) is 7.62. The number of nitrogens with zero attached hydrogens (tertiary/aromatic N) is 2. The van der Waals surface area contributed by atoms with Crippen molar-refractivity contribution in [3.05, 3.63) is 56.9 Å². The smallest absolute Gasteiger partial charge is 0.270 e. The number of rotatable bonds is 2. The lowest BCUT2D eigenvalue weighted by Crippen LogP contribution is -2.10. The van der Waals surface area contributed by atoms with E-state index in [1.807, 2.05) is 0 Å². The number of hydrogen-bond donors (Lipinski definition) is 3. The summed E-state index contributed by atoms with van der Waals surface area (Å²) in [4.78, 5) is 28.9. The molecule has 1 heterocycles. The molecule has 0 unspecified atom stereocenters. The number of aromatic nitrogens is 2. The minimum Gasteiger partial charge on any atom is -0.508 e. The fourth-order valence-electron chi connectivity index (χ4n) is 2.09. The van der Waals surface area contributed by atoms with Gasteiger partial charge in [0.1, 0.15) is 17.3 Å². The first kappa shape index (κ1) is 13.6. The SMILES string of the molecule is O=c1[nH]c(-c2ccc(O)cc2O)nc2ccc([N+](=O)[O-])cc12. The van der Waals surface area contributed by atoms with Crippen LogP contribution >= 0.6 is 0 Å². The molecule has 0 fully saturated rings. The van der Waals surface area contributed by atoms with Crippen LogP contribution < -0.4 is 5.56 Å². The first-order valence-electron chi connectivity index (χ1n) is 6.16. The van der Waals surface area contributed by atoms with Crippen LogP contribution in [0.2, 0.25) is 0 Å². The number of nitrogens with one attached hydrogen (secondary N) is 1. The first-order valence-corrected chi connectivity index (χ1v) is 6.16. The number of aromatic hydroxyl groups is 2. The predicted octanol–water partition coefficient (Wildman–Crippen LogP) is 1.91. The third-order valence-corrected chi connectivity index (χ3v) is 3.14. The van der Waals surface area contributed by atoms with Gasteiger partial charge in [0.25, 0.3) is 11.2 Å². The van der Waals surface area contributed by atoms with Gasteiger partial charge in [0.15, 0.2) is 0 Å². The van der Waals surface area contributed by atoms with Crippen LogP contribution in [0, 0.1) is 10.1 Å². The fourth-order valence-corrected chi connectivity index (χ4v) is 2.09. The van der Waals surface area contributed by atoms with Crippen molar-refractivity contribution in [3.8, 4) is 22.9 Å². The van der Waals surface area contributed by atoms with E-state index < -0.39 is 10.5 Å². The van der Waals surface area contributed by atoms with E-state index in [-0.39, 0.29) is 39.5 Å². The molecule has 0 saturated carbocycles. The lowest BCUT2D eigenvalue weighted by atomic mass is 10.1. The molecule has 0 aliphatic heterocycles. The van der Waals surface area contributed by atoms with Crippen LogP contribution in [-0.4, -0.2) is 25.1 Å². The first-order chi connectivity index (χ1) is 10.5. The second-order valence-corrected chi connectivity index (χ2v) is 4.57. The number of fused-ring (bicyclic) bond motifs is 1. The van der Waals surface area contributed by atoms with Crippen molar-refractivity contribution in [2.45, 2.75) is 0 Å². The monoisotopic (exact) mass is 299 g/mol. The van der Waals surface area contributed by atoms with E-state index in [2.05, 4.69) is 9.97 Å². The molecule has 3 aromatic rings. The molecule has 0 spiro atoms. The Balaban J connectivity index is 2.23. The molecule has 8 nitrogen and oxygen atoms in total. The number of H-pyrrole nitrogens is 1. The van der Waals surface area contributed by atoms with Gasteiger partial charge in [-0.2, -0.15) is 0 Å². The highest BCUT2D eigenvalue weighted by Crippen LogP contribution is 2.30. The molecule has 22 heavy (non-hydrogen) atoms. The summed E-state index contributed by atoms with van der Waals surface area (Å²) in [6.45, 7) is 0. The quantitative estimate of drug-likeness (QED) is 0.489. The minimum atomic E-state index is -0.599. The normalized spacial score (nSPS) is 10.7. The highest BCUT2D eigenvalue weighted by molar-refractivity contribution is 5.82. The van der Waals surface area contributed by atoms with Gasteiger partial charge in [-0.1, -0.05) is 0 Å². The Morgan fingerprint density at radius 2 is 1.91 bits per heavy atom. The third-order valence-electron chi connectivity index (χ3n) is 3.14. The molecular weight excluding hydrogens is 290 g/mol. The van der Waals surface area contributed by atoms with Gasteiger partial charge in [0.2, 0.25) is 0 Å². The summed E-state index contributed by atoms with van der Waals surface area (Å²) in [6.07, 6.45) is 0. The molecule has 3 N–H and O–H groups in total. The standard InChI is InChI=1S/C14H9N3O5/c18-8-2-3-9(12(19)6-8)13-15-11-4-1-7(17(21)22)5-10(11)14(20)16-13/h1-6,18-19H,(H,15,16,20). The molecule has 0 radical (unpaired) electrons. The van der Waals surface area contributed by atoms with Crippen molar-refractivity contribution in [1.82, 2.24) is 9.97 Å². The van der Waals surface area contributed by atoms with E-state index in [0.717, 1.165) is 12.1 Å². The van der Waals surface area contributed by atoms with Gasteiger partial charge in [-0.15, -0.1) is 0 Å². The molecule has 0 saturated heterocycles. The predicted molar refractivity (Wildman–Crippen MR) is 77.8 cm³/mol. The molecule has 0 aliphatic carbocycles. The van der Waals surface area contributed by atoms with Crippen LogP contribution in [0.1, 0.15) is 0 Å². The molecule has 2 aromatic carbocycles. The van der Waals surface area contributed by atoms with Crippen LogP contribution in [0.5, 0.6) is 11.5 Å². The second kappa shape index (κ2) is 4.85. The van der Waals surface area contributed by atoms with E-state index in [1.165, 1.54) is 24.3 Å². The number of aromatic amines is 1. The number of nitro groups is 1. The van der Waals surface area contributed by atoms with Crippen molar-refractivity contribution < 1.29 is 15.1 Å². The van der Waals surface area contributed by atoms with E-state index in [9.17, 15) is 25.1 Å². The topological polar surface area (TPSA) is 129 Å². The molecule has 8 heteroatoms. The van der Waals surface area contributed by atoms with Gasteiger partial charge in [-0.25, -0.2) is 4.98 Å². The Labute approximate surface area is 122 Å². The van der Waals surface area contributed by atoms with Gasteiger partial charge >= 0.3 is 0 Å². The van der Waals surface area contributed by atoms with E-state index in [1.54, 1.807) is 0 Å². The van der Waals surface area contributed by atoms with Crippen molar-refractivity contribution in [2.75, 3.05) is 0 Å². The van der Waals surface area contributed by atoms with Crippen LogP contribution in [0.15, 0.2) is 41.2 Å². The summed E-state index contributed by atoms with van der Waals surface area (Å²) >= 11 is 0. The summed E-state index contributed by atoms with van der Waals surface area (Å²) in [5, 5.41) is 29.9. The minimum absolute atomic E-state index is 0.0798. The Morgan fingerprint density at radius 1 is 1.14 bits per heavy atom. The summed E-state index contributed by atoms with van der Waals surface area (Å²) in [5.41, 5.74) is -0.275.